The quantitative estimate of drug-likeness (QED) is 0.0344. The minimum Gasteiger partial charge on any atom is -0.462 e. The van der Waals surface area contributed by atoms with Crippen molar-refractivity contribution in [1.82, 2.24) is 0 Å². The molecule has 0 aliphatic carbocycles. The molecule has 0 saturated carbocycles. The molecule has 0 aliphatic heterocycles. The van der Waals surface area contributed by atoms with Crippen LogP contribution in [0.25, 0.3) is 0 Å². The molecule has 0 spiro atoms. The van der Waals surface area contributed by atoms with E-state index in [-0.39, 0.29) is 31.1 Å². The second-order valence-electron chi connectivity index (χ2n) is 20.3. The monoisotopic (exact) mass is 919 g/mol. The van der Waals surface area contributed by atoms with Gasteiger partial charge in [-0.3, -0.25) is 14.4 Å². The van der Waals surface area contributed by atoms with Crippen molar-refractivity contribution >= 4 is 17.9 Å². The van der Waals surface area contributed by atoms with Crippen LogP contribution in [-0.2, 0) is 28.6 Å². The van der Waals surface area contributed by atoms with Crippen molar-refractivity contribution in [2.45, 2.75) is 348 Å². The third kappa shape index (κ3) is 53.2. The second kappa shape index (κ2) is 55.0. The summed E-state index contributed by atoms with van der Waals surface area (Å²) in [6.45, 7) is 6.70. The molecule has 0 aromatic rings. The van der Waals surface area contributed by atoms with Crippen LogP contribution in [0.3, 0.4) is 0 Å². The van der Waals surface area contributed by atoms with Crippen molar-refractivity contribution < 1.29 is 28.6 Å². The van der Waals surface area contributed by atoms with Gasteiger partial charge >= 0.3 is 17.9 Å². The summed E-state index contributed by atoms with van der Waals surface area (Å²) in [5.74, 6) is -0.832. The Balaban J connectivity index is 4.24. The number of carbonyl (C=O) groups is 3. The molecule has 0 fully saturated rings. The van der Waals surface area contributed by atoms with Gasteiger partial charge in [-0.05, 0) is 19.3 Å². The zero-order valence-corrected chi connectivity index (χ0v) is 44.3. The van der Waals surface area contributed by atoms with Crippen LogP contribution in [-0.4, -0.2) is 37.2 Å². The Bertz CT molecular complexity index is 967. The van der Waals surface area contributed by atoms with Gasteiger partial charge in [0.25, 0.3) is 0 Å². The highest BCUT2D eigenvalue weighted by atomic mass is 16.6. The highest BCUT2D eigenvalue weighted by Gasteiger charge is 2.19. The molecule has 0 bridgehead atoms. The summed E-state index contributed by atoms with van der Waals surface area (Å²) in [7, 11) is 0. The number of esters is 3. The average Bonchev–Trinajstić information content (AvgIpc) is 3.30. The first kappa shape index (κ1) is 63.4. The Hall–Kier alpha value is -1.59. The normalized spacial score (nSPS) is 11.9. The Morgan fingerprint density at radius 1 is 0.246 bits per heavy atom. The SMILES string of the molecule is CCCCCCCCCCCCCCCCCCCCCC(=O)O[C@@H](COC(=O)CCCCCCCCCCCCC)COC(=O)CCCCCCCCCCCCCCCCCCC. The maximum absolute atomic E-state index is 12.9. The van der Waals surface area contributed by atoms with Crippen molar-refractivity contribution in [1.29, 1.82) is 0 Å². The predicted octanol–water partition coefficient (Wildman–Crippen LogP) is 19.5. The van der Waals surface area contributed by atoms with Crippen LogP contribution in [0.2, 0.25) is 0 Å². The minimum atomic E-state index is -0.761. The predicted molar refractivity (Wildman–Crippen MR) is 280 cm³/mol. The molecule has 0 unspecified atom stereocenters. The Morgan fingerprint density at radius 3 is 0.615 bits per heavy atom. The van der Waals surface area contributed by atoms with Crippen LogP contribution in [0.15, 0.2) is 0 Å². The lowest BCUT2D eigenvalue weighted by Crippen LogP contribution is -2.30. The van der Waals surface area contributed by atoms with E-state index in [2.05, 4.69) is 20.8 Å². The maximum atomic E-state index is 12.9. The van der Waals surface area contributed by atoms with Gasteiger partial charge in [-0.15, -0.1) is 0 Å². The summed E-state index contributed by atoms with van der Waals surface area (Å²) in [6.07, 6.45) is 61.0. The Kier molecular flexibility index (Phi) is 53.7. The van der Waals surface area contributed by atoms with Crippen LogP contribution in [0, 0.1) is 0 Å². The third-order valence-corrected chi connectivity index (χ3v) is 13.6. The molecule has 6 heteroatoms. The molecular formula is C59H114O6. The lowest BCUT2D eigenvalue weighted by atomic mass is 10.0. The summed E-state index contributed by atoms with van der Waals surface area (Å²) in [4.78, 5) is 38.1. The molecule has 0 rings (SSSR count). The molecule has 0 amide bonds. The minimum absolute atomic E-state index is 0.0611. The molecule has 65 heavy (non-hydrogen) atoms. The lowest BCUT2D eigenvalue weighted by Gasteiger charge is -2.18. The first-order chi connectivity index (χ1) is 32.0. The number of hydrogen-bond acceptors (Lipinski definition) is 6. The fourth-order valence-corrected chi connectivity index (χ4v) is 9.15. The van der Waals surface area contributed by atoms with Gasteiger partial charge in [0.2, 0.25) is 0 Å². The van der Waals surface area contributed by atoms with Gasteiger partial charge in [-0.25, -0.2) is 0 Å². The summed E-state index contributed by atoms with van der Waals surface area (Å²) >= 11 is 0. The van der Waals surface area contributed by atoms with Crippen LogP contribution < -0.4 is 0 Å². The standard InChI is InChI=1S/C59H114O6/c1-4-7-10-13-16-19-22-24-26-28-29-31-33-35-38-41-44-47-50-53-59(62)65-56(54-63-57(60)51-48-45-42-39-36-21-18-15-12-9-6-3)55-64-58(61)52-49-46-43-40-37-34-32-30-27-25-23-20-17-14-11-8-5-2/h56H,4-55H2,1-3H3/t56-/m0/s1. The number of carbonyl (C=O) groups excluding carboxylic acids is 3. The molecule has 0 radical (unpaired) electrons. The van der Waals surface area contributed by atoms with Crippen molar-refractivity contribution in [3.63, 3.8) is 0 Å². The fourth-order valence-electron chi connectivity index (χ4n) is 9.15. The molecule has 0 heterocycles. The van der Waals surface area contributed by atoms with Gasteiger partial charge in [0.05, 0.1) is 0 Å². The molecule has 0 N–H and O–H groups in total. The average molecular weight is 920 g/mol. The van der Waals surface area contributed by atoms with Gasteiger partial charge in [0.1, 0.15) is 13.2 Å². The summed E-state index contributed by atoms with van der Waals surface area (Å²) < 4.78 is 16.9. The van der Waals surface area contributed by atoms with Crippen LogP contribution in [0.4, 0.5) is 0 Å². The summed E-state index contributed by atoms with van der Waals surface area (Å²) in [5, 5.41) is 0. The highest BCUT2D eigenvalue weighted by molar-refractivity contribution is 5.71. The van der Waals surface area contributed by atoms with Crippen LogP contribution >= 0.6 is 0 Å². The maximum Gasteiger partial charge on any atom is 0.306 e. The van der Waals surface area contributed by atoms with E-state index in [4.69, 9.17) is 14.2 Å². The van der Waals surface area contributed by atoms with Crippen molar-refractivity contribution in [2.24, 2.45) is 0 Å². The first-order valence-corrected chi connectivity index (χ1v) is 29.5. The number of hydrogen-bond donors (Lipinski definition) is 0. The zero-order valence-electron chi connectivity index (χ0n) is 44.3. The van der Waals surface area contributed by atoms with Crippen LogP contribution in [0.1, 0.15) is 342 Å². The largest absolute Gasteiger partial charge is 0.462 e. The van der Waals surface area contributed by atoms with E-state index >= 15 is 0 Å². The highest BCUT2D eigenvalue weighted by Crippen LogP contribution is 2.18. The molecule has 1 atom stereocenters. The number of ether oxygens (including phenoxy) is 3. The Labute approximate surface area is 406 Å². The molecule has 0 aliphatic rings. The van der Waals surface area contributed by atoms with E-state index in [1.54, 1.807) is 0 Å². The van der Waals surface area contributed by atoms with Crippen molar-refractivity contribution in [2.75, 3.05) is 13.2 Å². The van der Waals surface area contributed by atoms with Crippen molar-refractivity contribution in [3.8, 4) is 0 Å². The van der Waals surface area contributed by atoms with Crippen LogP contribution in [0.5, 0.6) is 0 Å². The molecule has 6 nitrogen and oxygen atoms in total. The fraction of sp³-hybridized carbons (Fsp3) is 0.949. The topological polar surface area (TPSA) is 78.9 Å². The molecule has 386 valence electrons. The lowest BCUT2D eigenvalue weighted by molar-refractivity contribution is -0.167. The molecule has 0 aromatic carbocycles. The van der Waals surface area contributed by atoms with E-state index in [1.807, 2.05) is 0 Å². The smallest absolute Gasteiger partial charge is 0.306 e. The number of rotatable bonds is 55. The second-order valence-corrected chi connectivity index (χ2v) is 20.3. The zero-order chi connectivity index (χ0) is 47.2. The van der Waals surface area contributed by atoms with E-state index in [1.165, 1.54) is 244 Å². The van der Waals surface area contributed by atoms with Gasteiger partial charge in [-0.2, -0.15) is 0 Å². The summed E-state index contributed by atoms with van der Waals surface area (Å²) in [6, 6.07) is 0. The molecular weight excluding hydrogens is 805 g/mol. The van der Waals surface area contributed by atoms with Crippen molar-refractivity contribution in [3.05, 3.63) is 0 Å². The van der Waals surface area contributed by atoms with E-state index in [9.17, 15) is 14.4 Å². The number of unbranched alkanes of at least 4 members (excludes halogenated alkanes) is 44. The van der Waals surface area contributed by atoms with E-state index < -0.39 is 6.10 Å². The van der Waals surface area contributed by atoms with E-state index in [0.29, 0.717) is 19.3 Å². The van der Waals surface area contributed by atoms with Gasteiger partial charge < -0.3 is 14.2 Å². The summed E-state index contributed by atoms with van der Waals surface area (Å²) in [5.41, 5.74) is 0. The molecule has 0 saturated heterocycles. The molecule has 0 aromatic heterocycles. The van der Waals surface area contributed by atoms with Gasteiger partial charge in [0.15, 0.2) is 6.10 Å². The van der Waals surface area contributed by atoms with Gasteiger partial charge in [0, 0.05) is 19.3 Å². The first-order valence-electron chi connectivity index (χ1n) is 29.5. The van der Waals surface area contributed by atoms with E-state index in [0.717, 1.165) is 57.8 Å². The third-order valence-electron chi connectivity index (χ3n) is 13.6. The van der Waals surface area contributed by atoms with Gasteiger partial charge in [-0.1, -0.05) is 303 Å². The Morgan fingerprint density at radius 2 is 0.415 bits per heavy atom.